The number of hydrogen-bond acceptors (Lipinski definition) is 4. The minimum absolute atomic E-state index is 0.194. The summed E-state index contributed by atoms with van der Waals surface area (Å²) in [5.74, 6) is -0.965. The molecule has 90 valence electrons. The van der Waals surface area contributed by atoms with Crippen molar-refractivity contribution in [2.75, 3.05) is 26.9 Å². The molecule has 1 heterocycles. The Morgan fingerprint density at radius 1 is 1.50 bits per heavy atom. The molecule has 0 aliphatic rings. The highest BCUT2D eigenvalue weighted by Gasteiger charge is 2.05. The second-order valence-electron chi connectivity index (χ2n) is 3.26. The summed E-state index contributed by atoms with van der Waals surface area (Å²) in [5, 5.41) is 12.6. The van der Waals surface area contributed by atoms with E-state index in [1.807, 2.05) is 0 Å². The van der Waals surface area contributed by atoms with Gasteiger partial charge in [-0.3, -0.25) is 4.68 Å². The summed E-state index contributed by atoms with van der Waals surface area (Å²) in [6.45, 7) is 2.40. The van der Waals surface area contributed by atoms with Crippen LogP contribution in [0.15, 0.2) is 12.4 Å². The van der Waals surface area contributed by atoms with E-state index >= 15 is 0 Å². The third-order valence-electron chi connectivity index (χ3n) is 1.98. The van der Waals surface area contributed by atoms with Crippen molar-refractivity contribution in [3.05, 3.63) is 18.0 Å². The molecule has 0 fully saturated rings. The fraction of sp³-hybridized carbons (Fsp3) is 0.600. The maximum absolute atomic E-state index is 10.6. The molecule has 1 aromatic rings. The van der Waals surface area contributed by atoms with E-state index in [0.29, 0.717) is 26.4 Å². The fourth-order valence-electron chi connectivity index (χ4n) is 1.16. The molecule has 0 saturated heterocycles. The van der Waals surface area contributed by atoms with E-state index in [1.54, 1.807) is 11.8 Å². The van der Waals surface area contributed by atoms with Crippen LogP contribution in [-0.4, -0.2) is 47.8 Å². The molecule has 0 spiro atoms. The predicted octanol–water partition coefficient (Wildman–Crippen LogP) is 0.634. The van der Waals surface area contributed by atoms with Crippen LogP contribution in [0.1, 0.15) is 16.8 Å². The number of aromatic nitrogens is 2. The van der Waals surface area contributed by atoms with Gasteiger partial charge < -0.3 is 14.6 Å². The van der Waals surface area contributed by atoms with Crippen LogP contribution in [-0.2, 0) is 16.0 Å². The SMILES string of the molecule is COCCCOCCn1cc(C(=O)O)cn1. The molecule has 6 heteroatoms. The van der Waals surface area contributed by atoms with Gasteiger partial charge >= 0.3 is 5.97 Å². The first-order chi connectivity index (χ1) is 7.74. The summed E-state index contributed by atoms with van der Waals surface area (Å²) in [4.78, 5) is 10.6. The summed E-state index contributed by atoms with van der Waals surface area (Å²) in [5.41, 5.74) is 0.194. The van der Waals surface area contributed by atoms with E-state index in [4.69, 9.17) is 14.6 Å². The molecular formula is C10H16N2O4. The van der Waals surface area contributed by atoms with Gasteiger partial charge in [0.15, 0.2) is 0 Å². The van der Waals surface area contributed by atoms with Gasteiger partial charge in [-0.2, -0.15) is 5.10 Å². The van der Waals surface area contributed by atoms with E-state index in [1.165, 1.54) is 12.4 Å². The number of nitrogens with zero attached hydrogens (tertiary/aromatic N) is 2. The molecular weight excluding hydrogens is 212 g/mol. The van der Waals surface area contributed by atoms with Crippen LogP contribution in [0.4, 0.5) is 0 Å². The molecule has 1 N–H and O–H groups in total. The molecule has 0 aliphatic heterocycles. The second-order valence-corrected chi connectivity index (χ2v) is 3.26. The molecule has 16 heavy (non-hydrogen) atoms. The van der Waals surface area contributed by atoms with Crippen LogP contribution >= 0.6 is 0 Å². The summed E-state index contributed by atoms with van der Waals surface area (Å²) in [6, 6.07) is 0. The van der Waals surface area contributed by atoms with E-state index in [-0.39, 0.29) is 5.56 Å². The lowest BCUT2D eigenvalue weighted by atomic mass is 10.4. The second kappa shape index (κ2) is 6.97. The fourth-order valence-corrected chi connectivity index (χ4v) is 1.16. The maximum Gasteiger partial charge on any atom is 0.338 e. The van der Waals surface area contributed by atoms with Crippen LogP contribution in [0.25, 0.3) is 0 Å². The summed E-state index contributed by atoms with van der Waals surface area (Å²) < 4.78 is 11.7. The summed E-state index contributed by atoms with van der Waals surface area (Å²) >= 11 is 0. The molecule has 0 radical (unpaired) electrons. The van der Waals surface area contributed by atoms with E-state index in [2.05, 4.69) is 5.10 Å². The van der Waals surface area contributed by atoms with Crippen molar-refractivity contribution in [2.45, 2.75) is 13.0 Å². The standard InChI is InChI=1S/C10H16N2O4/c1-15-4-2-5-16-6-3-12-8-9(7-11-12)10(13)14/h7-8H,2-6H2,1H3,(H,13,14). The third kappa shape index (κ3) is 4.41. The molecule has 0 aromatic carbocycles. The molecule has 1 rings (SSSR count). The van der Waals surface area contributed by atoms with Gasteiger partial charge in [-0.1, -0.05) is 0 Å². The Balaban J connectivity index is 2.14. The number of methoxy groups -OCH3 is 1. The van der Waals surface area contributed by atoms with Gasteiger partial charge in [0.25, 0.3) is 0 Å². The number of hydrogen-bond donors (Lipinski definition) is 1. The monoisotopic (exact) mass is 228 g/mol. The number of ether oxygens (including phenoxy) is 2. The Labute approximate surface area is 93.8 Å². The first-order valence-corrected chi connectivity index (χ1v) is 5.06. The largest absolute Gasteiger partial charge is 0.478 e. The van der Waals surface area contributed by atoms with E-state index < -0.39 is 5.97 Å². The summed E-state index contributed by atoms with van der Waals surface area (Å²) in [7, 11) is 1.65. The zero-order chi connectivity index (χ0) is 11.8. The van der Waals surface area contributed by atoms with Gasteiger partial charge in [-0.15, -0.1) is 0 Å². The molecule has 0 bridgehead atoms. The van der Waals surface area contributed by atoms with E-state index in [0.717, 1.165) is 6.42 Å². The van der Waals surface area contributed by atoms with Crippen molar-refractivity contribution in [1.29, 1.82) is 0 Å². The average Bonchev–Trinajstić information content (AvgIpc) is 2.72. The molecule has 0 atom stereocenters. The first kappa shape index (κ1) is 12.7. The lowest BCUT2D eigenvalue weighted by molar-refractivity contribution is 0.0696. The van der Waals surface area contributed by atoms with Crippen molar-refractivity contribution < 1.29 is 19.4 Å². The van der Waals surface area contributed by atoms with Crippen LogP contribution in [0, 0.1) is 0 Å². The first-order valence-electron chi connectivity index (χ1n) is 5.06. The Morgan fingerprint density at radius 2 is 2.31 bits per heavy atom. The number of rotatable bonds is 8. The van der Waals surface area contributed by atoms with Crippen molar-refractivity contribution in [3.63, 3.8) is 0 Å². The minimum Gasteiger partial charge on any atom is -0.478 e. The van der Waals surface area contributed by atoms with Gasteiger partial charge in [0.05, 0.1) is 24.9 Å². The number of carbonyl (C=O) groups is 1. The van der Waals surface area contributed by atoms with Crippen LogP contribution in [0.2, 0.25) is 0 Å². The zero-order valence-corrected chi connectivity index (χ0v) is 9.26. The van der Waals surface area contributed by atoms with Gasteiger partial charge in [0, 0.05) is 26.5 Å². The van der Waals surface area contributed by atoms with Gasteiger partial charge in [0.1, 0.15) is 0 Å². The lowest BCUT2D eigenvalue weighted by Gasteiger charge is -2.03. The van der Waals surface area contributed by atoms with Crippen molar-refractivity contribution in [2.24, 2.45) is 0 Å². The van der Waals surface area contributed by atoms with Gasteiger partial charge in [-0.25, -0.2) is 4.79 Å². The maximum atomic E-state index is 10.6. The van der Waals surface area contributed by atoms with Crippen molar-refractivity contribution in [1.82, 2.24) is 9.78 Å². The molecule has 0 unspecified atom stereocenters. The Bertz CT molecular complexity index is 324. The highest BCUT2D eigenvalue weighted by atomic mass is 16.5. The lowest BCUT2D eigenvalue weighted by Crippen LogP contribution is -2.08. The van der Waals surface area contributed by atoms with Gasteiger partial charge in [-0.05, 0) is 6.42 Å². The Kier molecular flexibility index (Phi) is 5.52. The van der Waals surface area contributed by atoms with Crippen LogP contribution < -0.4 is 0 Å². The highest BCUT2D eigenvalue weighted by molar-refractivity contribution is 5.86. The minimum atomic E-state index is -0.965. The number of aromatic carboxylic acids is 1. The Hall–Kier alpha value is -1.40. The number of carboxylic acid groups (broad SMARTS) is 1. The molecule has 1 aromatic heterocycles. The average molecular weight is 228 g/mol. The molecule has 6 nitrogen and oxygen atoms in total. The zero-order valence-electron chi connectivity index (χ0n) is 9.26. The number of carboxylic acids is 1. The van der Waals surface area contributed by atoms with Crippen molar-refractivity contribution >= 4 is 5.97 Å². The van der Waals surface area contributed by atoms with Crippen LogP contribution in [0.3, 0.4) is 0 Å². The normalized spacial score (nSPS) is 10.6. The smallest absolute Gasteiger partial charge is 0.338 e. The van der Waals surface area contributed by atoms with Crippen molar-refractivity contribution in [3.8, 4) is 0 Å². The predicted molar refractivity (Wildman–Crippen MR) is 56.5 cm³/mol. The summed E-state index contributed by atoms with van der Waals surface area (Å²) in [6.07, 6.45) is 3.67. The van der Waals surface area contributed by atoms with Crippen LogP contribution in [0.5, 0.6) is 0 Å². The third-order valence-corrected chi connectivity index (χ3v) is 1.98. The topological polar surface area (TPSA) is 73.6 Å². The molecule has 0 aliphatic carbocycles. The van der Waals surface area contributed by atoms with Gasteiger partial charge in [0.2, 0.25) is 0 Å². The quantitative estimate of drug-likeness (QED) is 0.661. The highest BCUT2D eigenvalue weighted by Crippen LogP contribution is 1.97. The Morgan fingerprint density at radius 3 is 2.94 bits per heavy atom. The molecule has 0 saturated carbocycles. The van der Waals surface area contributed by atoms with E-state index in [9.17, 15) is 4.79 Å². The molecule has 0 amide bonds.